The first kappa shape index (κ1) is 14.8. The van der Waals surface area contributed by atoms with Gasteiger partial charge >= 0.3 is 0 Å². The molecule has 118 valence electrons. The van der Waals surface area contributed by atoms with Crippen LogP contribution < -0.4 is 16.0 Å². The van der Waals surface area contributed by atoms with E-state index in [9.17, 15) is 9.59 Å². The topological polar surface area (TPSA) is 78.7 Å². The van der Waals surface area contributed by atoms with Crippen molar-refractivity contribution < 1.29 is 9.59 Å². The molecule has 2 amide bonds. The van der Waals surface area contributed by atoms with Gasteiger partial charge in [0.2, 0.25) is 11.8 Å². The van der Waals surface area contributed by atoms with Crippen LogP contribution in [0, 0.1) is 0 Å². The van der Waals surface area contributed by atoms with Gasteiger partial charge in [0, 0.05) is 37.4 Å². The number of carbonyl (C=O) groups excluding carboxylic acids is 2. The number of rotatable bonds is 3. The Balaban J connectivity index is 1.57. The standard InChI is InChI=1S/C16H22N4O2/c17-15(21)12-3-5-13(6-4-12)19-8-10-20(11-9-19)16(22)14-2-1-7-18-14/h3-6,14,18H,1-2,7-11H2,(H2,17,21)/t14-/m1/s1. The van der Waals surface area contributed by atoms with Crippen molar-refractivity contribution >= 4 is 17.5 Å². The number of nitrogens with two attached hydrogens (primary N) is 1. The van der Waals surface area contributed by atoms with Gasteiger partial charge in [-0.15, -0.1) is 0 Å². The van der Waals surface area contributed by atoms with Gasteiger partial charge in [0.15, 0.2) is 0 Å². The maximum absolute atomic E-state index is 12.4. The Hall–Kier alpha value is -2.08. The summed E-state index contributed by atoms with van der Waals surface area (Å²) < 4.78 is 0. The molecular formula is C16H22N4O2. The van der Waals surface area contributed by atoms with Crippen molar-refractivity contribution in [1.29, 1.82) is 0 Å². The van der Waals surface area contributed by atoms with Gasteiger partial charge in [-0.2, -0.15) is 0 Å². The van der Waals surface area contributed by atoms with Crippen molar-refractivity contribution in [3.05, 3.63) is 29.8 Å². The van der Waals surface area contributed by atoms with E-state index in [2.05, 4.69) is 10.2 Å². The van der Waals surface area contributed by atoms with Crippen LogP contribution in [-0.2, 0) is 4.79 Å². The summed E-state index contributed by atoms with van der Waals surface area (Å²) in [6, 6.07) is 7.34. The molecule has 2 aliphatic heterocycles. The predicted molar refractivity (Wildman–Crippen MR) is 84.8 cm³/mol. The van der Waals surface area contributed by atoms with Crippen molar-refractivity contribution in [1.82, 2.24) is 10.2 Å². The van der Waals surface area contributed by atoms with Gasteiger partial charge < -0.3 is 20.9 Å². The van der Waals surface area contributed by atoms with Crippen LogP contribution in [-0.4, -0.2) is 55.5 Å². The zero-order valence-electron chi connectivity index (χ0n) is 12.6. The summed E-state index contributed by atoms with van der Waals surface area (Å²) in [5.41, 5.74) is 6.84. The summed E-state index contributed by atoms with van der Waals surface area (Å²) >= 11 is 0. The summed E-state index contributed by atoms with van der Waals surface area (Å²) in [6.45, 7) is 4.06. The van der Waals surface area contributed by atoms with Gasteiger partial charge in [-0.05, 0) is 43.7 Å². The maximum atomic E-state index is 12.4. The largest absolute Gasteiger partial charge is 0.368 e. The number of primary amides is 1. The SMILES string of the molecule is NC(=O)c1ccc(N2CCN(C(=O)[C@H]3CCCN3)CC2)cc1. The van der Waals surface area contributed by atoms with E-state index in [1.54, 1.807) is 12.1 Å². The molecule has 0 radical (unpaired) electrons. The van der Waals surface area contributed by atoms with Gasteiger partial charge in [-0.1, -0.05) is 0 Å². The lowest BCUT2D eigenvalue weighted by atomic mass is 10.1. The lowest BCUT2D eigenvalue weighted by molar-refractivity contribution is -0.133. The van der Waals surface area contributed by atoms with Gasteiger partial charge in [0.25, 0.3) is 0 Å². The second-order valence-electron chi connectivity index (χ2n) is 5.87. The minimum Gasteiger partial charge on any atom is -0.368 e. The van der Waals surface area contributed by atoms with Crippen molar-refractivity contribution in [2.24, 2.45) is 5.73 Å². The molecule has 6 heteroatoms. The molecule has 2 saturated heterocycles. The molecule has 1 atom stereocenters. The first-order chi connectivity index (χ1) is 10.6. The highest BCUT2D eigenvalue weighted by atomic mass is 16.2. The Morgan fingerprint density at radius 3 is 2.32 bits per heavy atom. The van der Waals surface area contributed by atoms with Crippen LogP contribution in [0.1, 0.15) is 23.2 Å². The maximum Gasteiger partial charge on any atom is 0.248 e. The molecule has 1 aromatic carbocycles. The molecule has 6 nitrogen and oxygen atoms in total. The zero-order chi connectivity index (χ0) is 15.5. The summed E-state index contributed by atoms with van der Waals surface area (Å²) in [7, 11) is 0. The van der Waals surface area contributed by atoms with Crippen molar-refractivity contribution in [3.8, 4) is 0 Å². The van der Waals surface area contributed by atoms with Crippen molar-refractivity contribution in [3.63, 3.8) is 0 Å². The van der Waals surface area contributed by atoms with E-state index in [4.69, 9.17) is 5.73 Å². The summed E-state index contributed by atoms with van der Waals surface area (Å²) in [6.07, 6.45) is 2.04. The first-order valence-electron chi connectivity index (χ1n) is 7.82. The summed E-state index contributed by atoms with van der Waals surface area (Å²) in [4.78, 5) is 27.6. The van der Waals surface area contributed by atoms with Gasteiger partial charge in [-0.25, -0.2) is 0 Å². The number of hydrogen-bond acceptors (Lipinski definition) is 4. The van der Waals surface area contributed by atoms with Crippen molar-refractivity contribution in [2.75, 3.05) is 37.6 Å². The fraction of sp³-hybridized carbons (Fsp3) is 0.500. The van der Waals surface area contributed by atoms with E-state index >= 15 is 0 Å². The first-order valence-corrected chi connectivity index (χ1v) is 7.82. The monoisotopic (exact) mass is 302 g/mol. The van der Waals surface area contributed by atoms with Gasteiger partial charge in [-0.3, -0.25) is 9.59 Å². The second-order valence-corrected chi connectivity index (χ2v) is 5.87. The Morgan fingerprint density at radius 2 is 1.77 bits per heavy atom. The van der Waals surface area contributed by atoms with E-state index in [-0.39, 0.29) is 11.9 Å². The third-order valence-electron chi connectivity index (χ3n) is 4.47. The summed E-state index contributed by atoms with van der Waals surface area (Å²) in [5.74, 6) is -0.174. The van der Waals surface area contributed by atoms with Gasteiger partial charge in [0.05, 0.1) is 6.04 Å². The van der Waals surface area contributed by atoms with Crippen LogP contribution >= 0.6 is 0 Å². The molecular weight excluding hydrogens is 280 g/mol. The second kappa shape index (κ2) is 6.36. The Morgan fingerprint density at radius 1 is 1.09 bits per heavy atom. The van der Waals surface area contributed by atoms with Crippen LogP contribution in [0.2, 0.25) is 0 Å². The quantitative estimate of drug-likeness (QED) is 0.835. The molecule has 0 spiro atoms. The number of amides is 2. The highest BCUT2D eigenvalue weighted by Crippen LogP contribution is 2.18. The Kier molecular flexibility index (Phi) is 4.29. The van der Waals surface area contributed by atoms with Crippen molar-refractivity contribution in [2.45, 2.75) is 18.9 Å². The third-order valence-corrected chi connectivity index (χ3v) is 4.47. The number of nitrogens with one attached hydrogen (secondary N) is 1. The normalized spacial score (nSPS) is 21.9. The minimum atomic E-state index is -0.411. The molecule has 0 aliphatic carbocycles. The summed E-state index contributed by atoms with van der Waals surface area (Å²) in [5, 5.41) is 3.26. The predicted octanol–water partition coefficient (Wildman–Crippen LogP) is 0.186. The van der Waals surface area contributed by atoms with E-state index in [0.717, 1.165) is 51.3 Å². The molecule has 0 aromatic heterocycles. The molecule has 0 unspecified atom stereocenters. The fourth-order valence-electron chi connectivity index (χ4n) is 3.14. The number of anilines is 1. The highest BCUT2D eigenvalue weighted by Gasteiger charge is 2.29. The number of piperazine rings is 1. The highest BCUT2D eigenvalue weighted by molar-refractivity contribution is 5.93. The number of benzene rings is 1. The molecule has 2 fully saturated rings. The molecule has 3 rings (SSSR count). The number of nitrogens with zero attached hydrogens (tertiary/aromatic N) is 2. The van der Waals surface area contributed by atoms with E-state index in [1.165, 1.54) is 0 Å². The lowest BCUT2D eigenvalue weighted by Gasteiger charge is -2.37. The smallest absolute Gasteiger partial charge is 0.248 e. The van der Waals surface area contributed by atoms with E-state index in [0.29, 0.717) is 5.56 Å². The average Bonchev–Trinajstić information content (AvgIpc) is 3.09. The van der Waals surface area contributed by atoms with E-state index in [1.807, 2.05) is 17.0 Å². The van der Waals surface area contributed by atoms with Crippen LogP contribution in [0.4, 0.5) is 5.69 Å². The molecule has 2 heterocycles. The lowest BCUT2D eigenvalue weighted by Crippen LogP contribution is -2.53. The number of hydrogen-bond donors (Lipinski definition) is 2. The van der Waals surface area contributed by atoms with Crippen LogP contribution in [0.5, 0.6) is 0 Å². The van der Waals surface area contributed by atoms with Crippen LogP contribution in [0.25, 0.3) is 0 Å². The Bertz CT molecular complexity index is 544. The van der Waals surface area contributed by atoms with Crippen LogP contribution in [0.15, 0.2) is 24.3 Å². The average molecular weight is 302 g/mol. The minimum absolute atomic E-state index is 0.0152. The molecule has 1 aromatic rings. The molecule has 3 N–H and O–H groups in total. The fourth-order valence-corrected chi connectivity index (χ4v) is 3.14. The number of carbonyl (C=O) groups is 2. The third kappa shape index (κ3) is 3.06. The molecule has 22 heavy (non-hydrogen) atoms. The van der Waals surface area contributed by atoms with Gasteiger partial charge in [0.1, 0.15) is 0 Å². The molecule has 0 bridgehead atoms. The van der Waals surface area contributed by atoms with Crippen LogP contribution in [0.3, 0.4) is 0 Å². The Labute approximate surface area is 130 Å². The zero-order valence-corrected chi connectivity index (χ0v) is 12.6. The van der Waals surface area contributed by atoms with E-state index < -0.39 is 5.91 Å². The molecule has 2 aliphatic rings. The molecule has 0 saturated carbocycles.